The zero-order valence-corrected chi connectivity index (χ0v) is 23.5. The number of alkyl halides is 6. The van der Waals surface area contributed by atoms with Crippen molar-refractivity contribution in [2.24, 2.45) is 0 Å². The normalized spacial score (nSPS) is 16.7. The zero-order valence-electron chi connectivity index (χ0n) is 23.5. The molecular formula is C30H22F8N6O2. The summed E-state index contributed by atoms with van der Waals surface area (Å²) in [6, 6.07) is 9.27. The maximum Gasteiger partial charge on any atom is 0.419 e. The number of carbonyl (C=O) groups excluding carboxylic acids is 2. The Kier molecular flexibility index (Phi) is 7.48. The number of pyridine rings is 1. The lowest BCUT2D eigenvalue weighted by molar-refractivity contribution is -0.140. The Balaban J connectivity index is 1.28. The van der Waals surface area contributed by atoms with Crippen molar-refractivity contribution >= 4 is 17.5 Å². The Morgan fingerprint density at radius 2 is 1.46 bits per heavy atom. The van der Waals surface area contributed by atoms with Crippen LogP contribution in [0.4, 0.5) is 40.8 Å². The molecule has 2 fully saturated rings. The molecule has 0 saturated carbocycles. The quantitative estimate of drug-likeness (QED) is 0.282. The van der Waals surface area contributed by atoms with E-state index in [0.717, 1.165) is 16.8 Å². The van der Waals surface area contributed by atoms with E-state index in [1.54, 1.807) is 12.1 Å². The maximum absolute atomic E-state index is 14.5. The average Bonchev–Trinajstić information content (AvgIpc) is 3.59. The number of hydrogen-bond donors (Lipinski definition) is 1. The van der Waals surface area contributed by atoms with Crippen molar-refractivity contribution in [3.05, 3.63) is 95.4 Å². The molecule has 0 unspecified atom stereocenters. The van der Waals surface area contributed by atoms with E-state index in [-0.39, 0.29) is 55.4 Å². The molecule has 2 aromatic carbocycles. The highest BCUT2D eigenvalue weighted by atomic mass is 19.4. The van der Waals surface area contributed by atoms with E-state index < -0.39 is 52.5 Å². The van der Waals surface area contributed by atoms with Crippen LogP contribution in [0.15, 0.2) is 67.0 Å². The van der Waals surface area contributed by atoms with Crippen LogP contribution in [0.3, 0.4) is 0 Å². The average molecular weight is 651 g/mol. The van der Waals surface area contributed by atoms with Crippen molar-refractivity contribution in [2.45, 2.75) is 30.7 Å². The summed E-state index contributed by atoms with van der Waals surface area (Å²) in [5.41, 5.74) is -3.72. The minimum absolute atomic E-state index is 0.0115. The summed E-state index contributed by atoms with van der Waals surface area (Å²) in [6.45, 7) is -0.149. The van der Waals surface area contributed by atoms with Gasteiger partial charge in [-0.15, -0.1) is 0 Å². The summed E-state index contributed by atoms with van der Waals surface area (Å²) in [5.74, 6) is -4.03. The first-order valence-electron chi connectivity index (χ1n) is 13.8. The van der Waals surface area contributed by atoms with Crippen molar-refractivity contribution in [2.75, 3.05) is 24.7 Å². The first kappa shape index (κ1) is 31.0. The van der Waals surface area contributed by atoms with Gasteiger partial charge in [-0.3, -0.25) is 14.6 Å². The van der Waals surface area contributed by atoms with Gasteiger partial charge in [0.15, 0.2) is 5.69 Å². The summed E-state index contributed by atoms with van der Waals surface area (Å²) in [4.78, 5) is 33.4. The second kappa shape index (κ2) is 11.1. The SMILES string of the molecule is O=C(c1cc(-c2ccncc2)n(-c2ccc(C(F)(F)F)c(F)c2)n1)N1CCC2(CC1)C(=O)NCN2c1ccc(F)c(C(F)(F)F)c1. The van der Waals surface area contributed by atoms with Crippen molar-refractivity contribution in [1.29, 1.82) is 0 Å². The van der Waals surface area contributed by atoms with E-state index in [0.29, 0.717) is 29.8 Å². The molecule has 0 aliphatic carbocycles. The lowest BCUT2D eigenvalue weighted by atomic mass is 9.85. The Hall–Kier alpha value is -5.02. The fourth-order valence-electron chi connectivity index (χ4n) is 5.84. The van der Waals surface area contributed by atoms with E-state index >= 15 is 0 Å². The molecule has 46 heavy (non-hydrogen) atoms. The van der Waals surface area contributed by atoms with Crippen LogP contribution in [-0.4, -0.2) is 56.8 Å². The molecule has 6 rings (SSSR count). The van der Waals surface area contributed by atoms with Crippen molar-refractivity contribution in [3.63, 3.8) is 0 Å². The molecule has 2 aromatic heterocycles. The first-order chi connectivity index (χ1) is 21.7. The predicted octanol–water partition coefficient (Wildman–Crippen LogP) is 5.82. The summed E-state index contributed by atoms with van der Waals surface area (Å²) < 4.78 is 109. The molecule has 4 aromatic rings. The van der Waals surface area contributed by atoms with Gasteiger partial charge < -0.3 is 15.1 Å². The minimum atomic E-state index is -4.95. The number of hydrogen-bond acceptors (Lipinski definition) is 5. The number of rotatable bonds is 4. The van der Waals surface area contributed by atoms with Gasteiger partial charge in [0.05, 0.1) is 29.2 Å². The summed E-state index contributed by atoms with van der Waals surface area (Å²) in [7, 11) is 0. The summed E-state index contributed by atoms with van der Waals surface area (Å²) in [6.07, 6.45) is -6.94. The number of carbonyl (C=O) groups is 2. The number of likely N-dealkylation sites (tertiary alicyclic amines) is 1. The Morgan fingerprint density at radius 1 is 0.804 bits per heavy atom. The third-order valence-electron chi connectivity index (χ3n) is 8.19. The molecule has 16 heteroatoms. The first-order valence-corrected chi connectivity index (χ1v) is 13.8. The van der Waals surface area contributed by atoms with E-state index in [2.05, 4.69) is 15.4 Å². The third-order valence-corrected chi connectivity index (χ3v) is 8.19. The largest absolute Gasteiger partial charge is 0.419 e. The van der Waals surface area contributed by atoms with Crippen LogP contribution >= 0.6 is 0 Å². The molecule has 2 saturated heterocycles. The molecule has 0 bridgehead atoms. The number of anilines is 1. The van der Waals surface area contributed by atoms with Crippen LogP contribution in [0.2, 0.25) is 0 Å². The Bertz CT molecular complexity index is 1810. The molecule has 2 aliphatic rings. The molecular weight excluding hydrogens is 628 g/mol. The zero-order chi connectivity index (χ0) is 33.0. The van der Waals surface area contributed by atoms with Gasteiger partial charge in [-0.05, 0) is 61.4 Å². The molecule has 240 valence electrons. The summed E-state index contributed by atoms with van der Waals surface area (Å²) >= 11 is 0. The highest BCUT2D eigenvalue weighted by molar-refractivity contribution is 5.96. The van der Waals surface area contributed by atoms with Crippen molar-refractivity contribution in [1.82, 2.24) is 25.0 Å². The van der Waals surface area contributed by atoms with Gasteiger partial charge in [0.2, 0.25) is 5.91 Å². The monoisotopic (exact) mass is 650 g/mol. The maximum atomic E-state index is 14.5. The lowest BCUT2D eigenvalue weighted by Crippen LogP contribution is -2.57. The molecule has 8 nitrogen and oxygen atoms in total. The number of nitrogens with one attached hydrogen (secondary N) is 1. The van der Waals surface area contributed by atoms with Gasteiger partial charge in [0.25, 0.3) is 5.91 Å². The van der Waals surface area contributed by atoms with Crippen molar-refractivity contribution in [3.8, 4) is 16.9 Å². The van der Waals surface area contributed by atoms with Gasteiger partial charge in [-0.25, -0.2) is 13.5 Å². The number of nitrogens with zero attached hydrogens (tertiary/aromatic N) is 5. The minimum Gasteiger partial charge on any atom is -0.339 e. The number of halogens is 8. The highest BCUT2D eigenvalue weighted by Gasteiger charge is 2.51. The van der Waals surface area contributed by atoms with Gasteiger partial charge in [-0.2, -0.15) is 31.4 Å². The topological polar surface area (TPSA) is 83.4 Å². The van der Waals surface area contributed by atoms with Gasteiger partial charge >= 0.3 is 12.4 Å². The van der Waals surface area contributed by atoms with E-state index in [9.17, 15) is 44.7 Å². The summed E-state index contributed by atoms with van der Waals surface area (Å²) in [5, 5.41) is 6.93. The van der Waals surface area contributed by atoms with Crippen molar-refractivity contribution < 1.29 is 44.7 Å². The lowest BCUT2D eigenvalue weighted by Gasteiger charge is -2.43. The van der Waals surface area contributed by atoms with Gasteiger partial charge in [-0.1, -0.05) is 0 Å². The fraction of sp³-hybridized carbons (Fsp3) is 0.267. The standard InChI is InChI=1S/C30H22F8N6O2/c31-22-4-2-18(13-21(22)30(36,37)38)43-16-40-27(46)28(43)7-11-42(12-8-28)26(45)24-15-25(17-5-9-39-10-6-17)44(41-24)19-1-3-20(23(32)14-19)29(33,34)35/h1-6,9-10,13-15H,7-8,11-12,16H2,(H,40,46). The molecule has 2 amide bonds. The Morgan fingerprint density at radius 3 is 2.09 bits per heavy atom. The van der Waals surface area contributed by atoms with E-state index in [1.165, 1.54) is 28.3 Å². The van der Waals surface area contributed by atoms with Crippen LogP contribution in [0, 0.1) is 11.6 Å². The molecule has 0 atom stereocenters. The second-order valence-corrected chi connectivity index (χ2v) is 10.8. The number of amides is 2. The van der Waals surface area contributed by atoms with Crippen LogP contribution in [-0.2, 0) is 17.1 Å². The van der Waals surface area contributed by atoms with Crippen LogP contribution in [0.25, 0.3) is 16.9 Å². The smallest absolute Gasteiger partial charge is 0.339 e. The third kappa shape index (κ3) is 5.41. The molecule has 1 N–H and O–H groups in total. The second-order valence-electron chi connectivity index (χ2n) is 10.8. The van der Waals surface area contributed by atoms with E-state index in [1.807, 2.05) is 0 Å². The van der Waals surface area contributed by atoms with Gasteiger partial charge in [0, 0.05) is 42.8 Å². The molecule has 2 aliphatic heterocycles. The van der Waals surface area contributed by atoms with Crippen LogP contribution in [0.5, 0.6) is 0 Å². The van der Waals surface area contributed by atoms with Crippen LogP contribution in [0.1, 0.15) is 34.5 Å². The number of aromatic nitrogens is 3. The van der Waals surface area contributed by atoms with Crippen LogP contribution < -0.4 is 10.2 Å². The molecule has 0 radical (unpaired) electrons. The number of piperidine rings is 1. The fourth-order valence-corrected chi connectivity index (χ4v) is 5.84. The Labute approximate surface area is 255 Å². The van der Waals surface area contributed by atoms with E-state index in [4.69, 9.17) is 0 Å². The van der Waals surface area contributed by atoms with Gasteiger partial charge in [0.1, 0.15) is 17.2 Å². The molecule has 4 heterocycles. The predicted molar refractivity (Wildman–Crippen MR) is 147 cm³/mol. The molecule has 1 spiro atoms. The number of benzene rings is 2. The highest BCUT2D eigenvalue weighted by Crippen LogP contribution is 2.40.